The van der Waals surface area contributed by atoms with Crippen molar-refractivity contribution in [2.45, 2.75) is 12.2 Å². The zero-order chi connectivity index (χ0) is 10.0. The van der Waals surface area contributed by atoms with Crippen LogP contribution in [0.1, 0.15) is 11.1 Å². The van der Waals surface area contributed by atoms with E-state index >= 15 is 0 Å². The third kappa shape index (κ3) is 2.47. The SMILES string of the molecule is O=C(O)C(O)C(O)c1nc(Br)cs1. The summed E-state index contributed by atoms with van der Waals surface area (Å²) in [7, 11) is 0. The fourth-order valence-corrected chi connectivity index (χ4v) is 1.95. The van der Waals surface area contributed by atoms with Crippen LogP contribution in [0.5, 0.6) is 0 Å². The van der Waals surface area contributed by atoms with Crippen LogP contribution in [-0.4, -0.2) is 32.4 Å². The van der Waals surface area contributed by atoms with E-state index < -0.39 is 18.2 Å². The summed E-state index contributed by atoms with van der Waals surface area (Å²) in [6.45, 7) is 0. The van der Waals surface area contributed by atoms with Gasteiger partial charge in [-0.1, -0.05) is 0 Å². The molecule has 1 aromatic rings. The summed E-state index contributed by atoms with van der Waals surface area (Å²) in [5, 5.41) is 28.4. The second-order valence-electron chi connectivity index (χ2n) is 2.24. The molecule has 0 bridgehead atoms. The van der Waals surface area contributed by atoms with Gasteiger partial charge in [-0.2, -0.15) is 0 Å². The standard InChI is InChI=1S/C6H6BrNO4S/c7-2-1-13-5(8-2)3(9)4(10)6(11)12/h1,3-4,9-10H,(H,11,12). The lowest BCUT2D eigenvalue weighted by Gasteiger charge is -2.10. The lowest BCUT2D eigenvalue weighted by atomic mass is 10.2. The third-order valence-electron chi connectivity index (χ3n) is 1.30. The molecule has 72 valence electrons. The maximum absolute atomic E-state index is 10.3. The average Bonchev–Trinajstić information content (AvgIpc) is 2.49. The van der Waals surface area contributed by atoms with Crippen molar-refractivity contribution in [1.29, 1.82) is 0 Å². The van der Waals surface area contributed by atoms with Gasteiger partial charge >= 0.3 is 5.97 Å². The highest BCUT2D eigenvalue weighted by molar-refractivity contribution is 9.10. The molecule has 3 N–H and O–H groups in total. The molecule has 7 heteroatoms. The van der Waals surface area contributed by atoms with Crippen LogP contribution in [0.2, 0.25) is 0 Å². The number of aliphatic hydroxyl groups is 2. The van der Waals surface area contributed by atoms with Gasteiger partial charge < -0.3 is 15.3 Å². The van der Waals surface area contributed by atoms with Crippen molar-refractivity contribution in [2.24, 2.45) is 0 Å². The van der Waals surface area contributed by atoms with Crippen LogP contribution in [0.3, 0.4) is 0 Å². The quantitative estimate of drug-likeness (QED) is 0.737. The van der Waals surface area contributed by atoms with Crippen molar-refractivity contribution in [3.8, 4) is 0 Å². The molecule has 5 nitrogen and oxygen atoms in total. The monoisotopic (exact) mass is 267 g/mol. The molecule has 0 aromatic carbocycles. The molecule has 0 aliphatic heterocycles. The van der Waals surface area contributed by atoms with Crippen molar-refractivity contribution in [2.75, 3.05) is 0 Å². The molecule has 1 aromatic heterocycles. The zero-order valence-corrected chi connectivity index (χ0v) is 8.62. The summed E-state index contributed by atoms with van der Waals surface area (Å²) in [5.74, 6) is -1.47. The Labute approximate surface area is 85.8 Å². The van der Waals surface area contributed by atoms with Crippen molar-refractivity contribution in [3.05, 3.63) is 15.0 Å². The topological polar surface area (TPSA) is 90.7 Å². The van der Waals surface area contributed by atoms with Gasteiger partial charge in [-0.3, -0.25) is 0 Å². The second kappa shape index (κ2) is 4.14. The van der Waals surface area contributed by atoms with E-state index in [4.69, 9.17) is 10.2 Å². The summed E-state index contributed by atoms with van der Waals surface area (Å²) in [6, 6.07) is 0. The Morgan fingerprint density at radius 3 is 2.62 bits per heavy atom. The highest BCUT2D eigenvalue weighted by atomic mass is 79.9. The smallest absolute Gasteiger partial charge is 0.335 e. The highest BCUT2D eigenvalue weighted by Crippen LogP contribution is 2.23. The number of nitrogens with zero attached hydrogens (tertiary/aromatic N) is 1. The molecule has 0 amide bonds. The van der Waals surface area contributed by atoms with Gasteiger partial charge in [-0.15, -0.1) is 11.3 Å². The zero-order valence-electron chi connectivity index (χ0n) is 6.22. The summed E-state index contributed by atoms with van der Waals surface area (Å²) >= 11 is 4.12. The molecule has 0 aliphatic carbocycles. The first kappa shape index (κ1) is 10.6. The van der Waals surface area contributed by atoms with Crippen molar-refractivity contribution in [1.82, 2.24) is 4.98 Å². The minimum Gasteiger partial charge on any atom is -0.479 e. The molecule has 1 rings (SSSR count). The number of aliphatic hydroxyl groups excluding tert-OH is 2. The minimum absolute atomic E-state index is 0.168. The van der Waals surface area contributed by atoms with E-state index in [2.05, 4.69) is 20.9 Å². The summed E-state index contributed by atoms with van der Waals surface area (Å²) in [5.41, 5.74) is 0. The first-order valence-electron chi connectivity index (χ1n) is 3.22. The summed E-state index contributed by atoms with van der Waals surface area (Å²) in [4.78, 5) is 14.1. The van der Waals surface area contributed by atoms with Crippen LogP contribution in [0, 0.1) is 0 Å². The second-order valence-corrected chi connectivity index (χ2v) is 3.94. The molecule has 0 radical (unpaired) electrons. The van der Waals surface area contributed by atoms with Crippen LogP contribution >= 0.6 is 27.3 Å². The van der Waals surface area contributed by atoms with Crippen LogP contribution in [0.25, 0.3) is 0 Å². The molecule has 2 unspecified atom stereocenters. The van der Waals surface area contributed by atoms with Gasteiger partial charge in [0.05, 0.1) is 0 Å². The molecule has 13 heavy (non-hydrogen) atoms. The molecule has 0 saturated heterocycles. The van der Waals surface area contributed by atoms with Crippen LogP contribution < -0.4 is 0 Å². The normalized spacial score (nSPS) is 15.3. The first-order chi connectivity index (χ1) is 6.02. The fraction of sp³-hybridized carbons (Fsp3) is 0.333. The average molecular weight is 268 g/mol. The first-order valence-corrected chi connectivity index (χ1v) is 4.89. The third-order valence-corrected chi connectivity index (χ3v) is 2.92. The molecule has 0 spiro atoms. The van der Waals surface area contributed by atoms with Crippen molar-refractivity contribution in [3.63, 3.8) is 0 Å². The van der Waals surface area contributed by atoms with Gasteiger partial charge in [-0.05, 0) is 15.9 Å². The van der Waals surface area contributed by atoms with Gasteiger partial charge in [0, 0.05) is 5.38 Å². The lowest BCUT2D eigenvalue weighted by molar-refractivity contribution is -0.153. The molecule has 0 saturated carbocycles. The fourth-order valence-electron chi connectivity index (χ4n) is 0.673. The van der Waals surface area contributed by atoms with Crippen molar-refractivity contribution >= 4 is 33.2 Å². The van der Waals surface area contributed by atoms with Gasteiger partial charge in [0.1, 0.15) is 15.7 Å². The largest absolute Gasteiger partial charge is 0.479 e. The molecule has 1 heterocycles. The van der Waals surface area contributed by atoms with Crippen LogP contribution in [-0.2, 0) is 4.79 Å². The highest BCUT2D eigenvalue weighted by Gasteiger charge is 2.27. The molecule has 0 fully saturated rings. The van der Waals surface area contributed by atoms with E-state index in [1.807, 2.05) is 0 Å². The Hall–Kier alpha value is -0.500. The maximum Gasteiger partial charge on any atom is 0.335 e. The minimum atomic E-state index is -1.84. The number of carboxylic acids is 1. The number of halogens is 1. The van der Waals surface area contributed by atoms with Gasteiger partial charge in [0.2, 0.25) is 0 Å². The number of thiazole rings is 1. The Kier molecular flexibility index (Phi) is 3.37. The van der Waals surface area contributed by atoms with Crippen LogP contribution in [0.15, 0.2) is 9.98 Å². The lowest BCUT2D eigenvalue weighted by Crippen LogP contribution is -2.27. The number of aromatic nitrogens is 1. The Morgan fingerprint density at radius 2 is 2.23 bits per heavy atom. The maximum atomic E-state index is 10.3. The van der Waals surface area contributed by atoms with Gasteiger partial charge in [-0.25, -0.2) is 9.78 Å². The number of carboxylic acid groups (broad SMARTS) is 1. The van der Waals surface area contributed by atoms with Crippen LogP contribution in [0.4, 0.5) is 0 Å². The molecular weight excluding hydrogens is 262 g/mol. The summed E-state index contributed by atoms with van der Waals surface area (Å²) < 4.78 is 0.504. The predicted molar refractivity (Wildman–Crippen MR) is 48.4 cm³/mol. The number of hydrogen-bond acceptors (Lipinski definition) is 5. The summed E-state index contributed by atoms with van der Waals surface area (Å²) in [6.07, 6.45) is -3.31. The molecular formula is C6H6BrNO4S. The Balaban J connectivity index is 2.78. The number of carbonyl (C=O) groups is 1. The van der Waals surface area contributed by atoms with E-state index in [1.54, 1.807) is 5.38 Å². The van der Waals surface area contributed by atoms with E-state index in [0.29, 0.717) is 4.60 Å². The molecule has 2 atom stereocenters. The Morgan fingerprint density at radius 1 is 1.62 bits per heavy atom. The van der Waals surface area contributed by atoms with Gasteiger partial charge in [0.15, 0.2) is 6.10 Å². The number of aliphatic carboxylic acids is 1. The van der Waals surface area contributed by atoms with E-state index in [9.17, 15) is 9.90 Å². The van der Waals surface area contributed by atoms with Gasteiger partial charge in [0.25, 0.3) is 0 Å². The van der Waals surface area contributed by atoms with E-state index in [-0.39, 0.29) is 5.01 Å². The molecule has 0 aliphatic rings. The van der Waals surface area contributed by atoms with Crippen molar-refractivity contribution < 1.29 is 20.1 Å². The Bertz CT molecular complexity index is 315. The van der Waals surface area contributed by atoms with E-state index in [0.717, 1.165) is 11.3 Å². The number of rotatable bonds is 3. The van der Waals surface area contributed by atoms with E-state index in [1.165, 1.54) is 0 Å². The predicted octanol–water partition coefficient (Wildman–Crippen LogP) is 0.385. The number of hydrogen-bond donors (Lipinski definition) is 3.